The molecule has 0 aliphatic carbocycles. The van der Waals surface area contributed by atoms with Crippen LogP contribution >= 0.6 is 11.8 Å². The molecule has 1 aliphatic rings. The second-order valence-electron chi connectivity index (χ2n) is 8.39. The van der Waals surface area contributed by atoms with E-state index in [9.17, 15) is 22.4 Å². The van der Waals surface area contributed by atoms with Crippen LogP contribution in [-0.4, -0.2) is 48.1 Å². The van der Waals surface area contributed by atoms with E-state index in [1.165, 1.54) is 11.8 Å². The lowest BCUT2D eigenvalue weighted by Gasteiger charge is -2.30. The summed E-state index contributed by atoms with van der Waals surface area (Å²) in [5, 5.41) is 23.9. The molecule has 10 nitrogen and oxygen atoms in total. The second-order valence-corrected chi connectivity index (χ2v) is 10.1. The molecule has 0 spiro atoms. The zero-order valence-electron chi connectivity index (χ0n) is 19.6. The number of H-pyrrole nitrogens is 1. The maximum absolute atomic E-state index is 14.4. The number of aromatic amines is 1. The average molecular weight is 550 g/mol. The first kappa shape index (κ1) is 26.7. The van der Waals surface area contributed by atoms with Crippen LogP contribution in [0.3, 0.4) is 0 Å². The van der Waals surface area contributed by atoms with Gasteiger partial charge in [-0.15, -0.1) is 11.8 Å². The number of anilines is 5. The summed E-state index contributed by atoms with van der Waals surface area (Å²) in [5.74, 6) is -3.16. The summed E-state index contributed by atoms with van der Waals surface area (Å²) in [6.45, 7) is 3.74. The van der Waals surface area contributed by atoms with E-state index < -0.39 is 22.7 Å². The van der Waals surface area contributed by atoms with Crippen LogP contribution < -0.4 is 16.0 Å². The van der Waals surface area contributed by atoms with Crippen molar-refractivity contribution in [3.63, 3.8) is 0 Å². The molecule has 2 aromatic heterocycles. The molecule has 0 saturated heterocycles. The fraction of sp³-hybridized carbons (Fsp3) is 0.174. The number of nitrogens with zero attached hydrogens (tertiary/aromatic N) is 3. The predicted octanol–water partition coefficient (Wildman–Crippen LogP) is 5.44. The first-order chi connectivity index (χ1) is 17.8. The summed E-state index contributed by atoms with van der Waals surface area (Å²) in [6, 6.07) is 11.1. The van der Waals surface area contributed by atoms with Gasteiger partial charge in [-0.3, -0.25) is 9.89 Å². The van der Waals surface area contributed by atoms with Gasteiger partial charge in [0.1, 0.15) is 0 Å². The molecule has 0 radical (unpaired) electrons. The Bertz CT molecular complexity index is 1520. The predicted molar refractivity (Wildman–Crippen MR) is 133 cm³/mol. The molecule has 2 aromatic carbocycles. The Hall–Kier alpha value is -4.40. The van der Waals surface area contributed by atoms with Crippen molar-refractivity contribution < 1.29 is 32.3 Å². The number of amides is 1. The number of thioether (sulfide) groups is 1. The highest BCUT2D eigenvalue weighted by Gasteiger charge is 2.38. The Morgan fingerprint density at radius 2 is 1.76 bits per heavy atom. The van der Waals surface area contributed by atoms with Gasteiger partial charge in [-0.25, -0.2) is 14.2 Å². The first-order valence-electron chi connectivity index (χ1n) is 10.8. The van der Waals surface area contributed by atoms with Crippen LogP contribution in [0.15, 0.2) is 53.7 Å². The minimum atomic E-state index is -5.08. The third-order valence-corrected chi connectivity index (χ3v) is 6.36. The van der Waals surface area contributed by atoms with Crippen molar-refractivity contribution in [3.8, 4) is 0 Å². The molecule has 0 bridgehead atoms. The number of benzene rings is 2. The van der Waals surface area contributed by atoms with Crippen LogP contribution in [0.2, 0.25) is 0 Å². The minimum Gasteiger partial charge on any atom is -0.475 e. The summed E-state index contributed by atoms with van der Waals surface area (Å²) in [6.07, 6.45) is -2.25. The van der Waals surface area contributed by atoms with E-state index in [0.717, 1.165) is 27.7 Å². The van der Waals surface area contributed by atoms with Crippen molar-refractivity contribution in [2.75, 3.05) is 16.0 Å². The zero-order chi connectivity index (χ0) is 27.7. The maximum Gasteiger partial charge on any atom is 0.490 e. The van der Waals surface area contributed by atoms with Crippen LogP contribution in [0, 0.1) is 5.82 Å². The lowest BCUT2D eigenvalue weighted by molar-refractivity contribution is -0.192. The Morgan fingerprint density at radius 1 is 1.08 bits per heavy atom. The molecule has 0 atom stereocenters. The summed E-state index contributed by atoms with van der Waals surface area (Å²) in [5.41, 5.74) is 2.88. The lowest BCUT2D eigenvalue weighted by atomic mass is 10.1. The standard InChI is InChI=1S/C21H18FN7OS.C2HF3O2/c1-21(2)19(30)27-16-8-12(5-6-17(16)31-21)25-18-14(22)10-23-20(28-18)26-13-4-3-11-9-24-29-15(11)7-13;3-2(4,5)1(6)7/h3-10H,1-2H3,(H,24,29)(H,27,30)(H2,23,25,26,28);(H,6,7). The van der Waals surface area contributed by atoms with Gasteiger partial charge in [0.15, 0.2) is 11.6 Å². The molecule has 5 rings (SSSR count). The summed E-state index contributed by atoms with van der Waals surface area (Å²) >= 11 is 1.49. The van der Waals surface area contributed by atoms with Crippen LogP contribution in [-0.2, 0) is 9.59 Å². The number of nitrogens with one attached hydrogen (secondary N) is 4. The molecule has 0 saturated carbocycles. The summed E-state index contributed by atoms with van der Waals surface area (Å²) < 4.78 is 45.6. The van der Waals surface area contributed by atoms with Gasteiger partial charge < -0.3 is 21.1 Å². The van der Waals surface area contributed by atoms with Crippen molar-refractivity contribution in [2.45, 2.75) is 29.7 Å². The van der Waals surface area contributed by atoms with Crippen molar-refractivity contribution in [1.29, 1.82) is 0 Å². The molecule has 3 heterocycles. The molecule has 0 unspecified atom stereocenters. The topological polar surface area (TPSA) is 145 Å². The molecule has 4 aromatic rings. The normalized spacial score (nSPS) is 14.1. The first-order valence-corrected chi connectivity index (χ1v) is 11.6. The molecule has 1 amide bonds. The molecule has 15 heteroatoms. The van der Waals surface area contributed by atoms with Gasteiger partial charge in [-0.05, 0) is 50.2 Å². The number of rotatable bonds is 4. The number of alkyl halides is 3. The number of carbonyl (C=O) groups is 2. The van der Waals surface area contributed by atoms with Gasteiger partial charge in [0.2, 0.25) is 11.9 Å². The SMILES string of the molecule is CC1(C)Sc2ccc(Nc3nc(Nc4ccc5cn[nH]c5c4)ncc3F)cc2NC1=O.O=C(O)C(F)(F)F. The molecular weight excluding hydrogens is 530 g/mol. The number of hydrogen-bond acceptors (Lipinski definition) is 8. The van der Waals surface area contributed by atoms with E-state index in [0.29, 0.717) is 11.4 Å². The van der Waals surface area contributed by atoms with E-state index >= 15 is 0 Å². The second kappa shape index (κ2) is 10.2. The quantitative estimate of drug-likeness (QED) is 0.210. The fourth-order valence-corrected chi connectivity index (χ4v) is 4.23. The number of hydrogen-bond donors (Lipinski definition) is 5. The molecular formula is C23H19F4N7O3S. The molecule has 0 fully saturated rings. The Kier molecular flexibility index (Phi) is 7.13. The monoisotopic (exact) mass is 549 g/mol. The van der Waals surface area contributed by atoms with Gasteiger partial charge in [-0.2, -0.15) is 23.3 Å². The third kappa shape index (κ3) is 6.11. The number of fused-ring (bicyclic) bond motifs is 2. The number of aromatic nitrogens is 4. The van der Waals surface area contributed by atoms with Crippen molar-refractivity contribution in [2.24, 2.45) is 0 Å². The zero-order valence-corrected chi connectivity index (χ0v) is 20.5. The van der Waals surface area contributed by atoms with Crippen molar-refractivity contribution in [1.82, 2.24) is 20.2 Å². The van der Waals surface area contributed by atoms with Crippen LogP contribution in [0.5, 0.6) is 0 Å². The highest BCUT2D eigenvalue weighted by Crippen LogP contribution is 2.43. The van der Waals surface area contributed by atoms with E-state index in [1.54, 1.807) is 12.3 Å². The van der Waals surface area contributed by atoms with E-state index in [1.807, 2.05) is 44.2 Å². The largest absolute Gasteiger partial charge is 0.490 e. The number of carbonyl (C=O) groups excluding carboxylic acids is 1. The summed E-state index contributed by atoms with van der Waals surface area (Å²) in [7, 11) is 0. The van der Waals surface area contributed by atoms with Gasteiger partial charge in [-0.1, -0.05) is 0 Å². The van der Waals surface area contributed by atoms with Gasteiger partial charge >= 0.3 is 12.1 Å². The Labute approximate surface area is 216 Å². The van der Waals surface area contributed by atoms with Gasteiger partial charge in [0.05, 0.1) is 28.3 Å². The molecule has 38 heavy (non-hydrogen) atoms. The number of carboxylic acids is 1. The highest BCUT2D eigenvalue weighted by molar-refractivity contribution is 8.01. The van der Waals surface area contributed by atoms with Crippen LogP contribution in [0.1, 0.15) is 13.8 Å². The maximum atomic E-state index is 14.4. The van der Waals surface area contributed by atoms with E-state index in [-0.39, 0.29) is 17.7 Å². The third-order valence-electron chi connectivity index (χ3n) is 5.09. The Balaban J connectivity index is 0.000000426. The van der Waals surface area contributed by atoms with Crippen molar-refractivity contribution in [3.05, 3.63) is 54.6 Å². The lowest BCUT2D eigenvalue weighted by Crippen LogP contribution is -2.37. The minimum absolute atomic E-state index is 0.0233. The Morgan fingerprint density at radius 3 is 2.47 bits per heavy atom. The van der Waals surface area contributed by atoms with Crippen LogP contribution in [0.4, 0.5) is 46.4 Å². The molecule has 198 valence electrons. The van der Waals surface area contributed by atoms with Gasteiger partial charge in [0, 0.05) is 21.7 Å². The number of halogens is 4. The fourth-order valence-electron chi connectivity index (χ4n) is 3.18. The molecule has 5 N–H and O–H groups in total. The smallest absolute Gasteiger partial charge is 0.475 e. The van der Waals surface area contributed by atoms with E-state index in [4.69, 9.17) is 9.90 Å². The number of carboxylic acid groups (broad SMARTS) is 1. The van der Waals surface area contributed by atoms with Crippen molar-refractivity contribution >= 4 is 63.4 Å². The summed E-state index contributed by atoms with van der Waals surface area (Å²) in [4.78, 5) is 30.4. The molecule has 1 aliphatic heterocycles. The van der Waals surface area contributed by atoms with Gasteiger partial charge in [0.25, 0.3) is 0 Å². The average Bonchev–Trinajstić information content (AvgIpc) is 3.30. The van der Waals surface area contributed by atoms with Crippen LogP contribution in [0.25, 0.3) is 10.9 Å². The van der Waals surface area contributed by atoms with E-state index in [2.05, 4.69) is 36.1 Å². The highest BCUT2D eigenvalue weighted by atomic mass is 32.2. The number of aliphatic carboxylic acids is 1.